The van der Waals surface area contributed by atoms with E-state index in [1.165, 1.54) is 24.3 Å². The summed E-state index contributed by atoms with van der Waals surface area (Å²) in [5, 5.41) is 9.55. The number of ether oxygens (including phenoxy) is 1. The van der Waals surface area contributed by atoms with Gasteiger partial charge in [0.05, 0.1) is 0 Å². The summed E-state index contributed by atoms with van der Waals surface area (Å²) in [5.74, 6) is -2.37. The van der Waals surface area contributed by atoms with Crippen molar-refractivity contribution in [3.8, 4) is 5.75 Å². The van der Waals surface area contributed by atoms with Crippen molar-refractivity contribution in [1.29, 1.82) is 0 Å². The van der Waals surface area contributed by atoms with E-state index in [9.17, 15) is 23.1 Å². The standard InChI is InChI=1S/C17H13F3O3/c18-17(19,20)16(22)10-15(21)13-6-8-14(9-7-13)23-11-12-4-2-1-3-5-12/h1-10,21H,11H2. The molecule has 0 amide bonds. The molecule has 0 aliphatic heterocycles. The zero-order valence-corrected chi connectivity index (χ0v) is 11.9. The van der Waals surface area contributed by atoms with Gasteiger partial charge in [0, 0.05) is 11.6 Å². The summed E-state index contributed by atoms with van der Waals surface area (Å²) in [6.45, 7) is 0.342. The molecule has 0 saturated carbocycles. The Morgan fingerprint density at radius 2 is 1.65 bits per heavy atom. The molecule has 0 fully saturated rings. The van der Waals surface area contributed by atoms with E-state index in [0.717, 1.165) is 5.56 Å². The number of aliphatic hydroxyl groups excluding tert-OH is 1. The Hall–Kier alpha value is -2.76. The lowest BCUT2D eigenvalue weighted by Crippen LogP contribution is -2.20. The molecule has 0 radical (unpaired) electrons. The summed E-state index contributed by atoms with van der Waals surface area (Å²) in [5.41, 5.74) is 1.06. The van der Waals surface area contributed by atoms with Crippen LogP contribution < -0.4 is 4.74 Å². The van der Waals surface area contributed by atoms with Gasteiger partial charge in [-0.25, -0.2) is 0 Å². The number of carbonyl (C=O) groups is 1. The van der Waals surface area contributed by atoms with E-state index in [4.69, 9.17) is 4.74 Å². The number of benzene rings is 2. The molecule has 0 bridgehead atoms. The Bertz CT molecular complexity index is 689. The van der Waals surface area contributed by atoms with E-state index in [1.807, 2.05) is 30.3 Å². The Balaban J connectivity index is 2.02. The number of hydrogen-bond acceptors (Lipinski definition) is 3. The van der Waals surface area contributed by atoms with Crippen LogP contribution in [0.15, 0.2) is 60.7 Å². The van der Waals surface area contributed by atoms with Crippen LogP contribution in [0.4, 0.5) is 13.2 Å². The van der Waals surface area contributed by atoms with Gasteiger partial charge in [0.1, 0.15) is 18.1 Å². The molecule has 0 spiro atoms. The maximum atomic E-state index is 12.1. The van der Waals surface area contributed by atoms with Gasteiger partial charge in [-0.3, -0.25) is 4.79 Å². The summed E-state index contributed by atoms with van der Waals surface area (Å²) in [4.78, 5) is 10.8. The lowest BCUT2D eigenvalue weighted by molar-refractivity contribution is -0.165. The molecule has 23 heavy (non-hydrogen) atoms. The number of alkyl halides is 3. The first-order valence-corrected chi connectivity index (χ1v) is 6.65. The number of aliphatic hydroxyl groups is 1. The van der Waals surface area contributed by atoms with E-state index >= 15 is 0 Å². The van der Waals surface area contributed by atoms with Gasteiger partial charge >= 0.3 is 6.18 Å². The van der Waals surface area contributed by atoms with Gasteiger partial charge in [0.25, 0.3) is 5.78 Å². The van der Waals surface area contributed by atoms with E-state index in [1.54, 1.807) is 0 Å². The first-order chi connectivity index (χ1) is 10.9. The molecule has 1 N–H and O–H groups in total. The number of halogens is 3. The molecule has 0 atom stereocenters. The molecule has 0 aliphatic carbocycles. The van der Waals surface area contributed by atoms with Crippen molar-refractivity contribution in [2.24, 2.45) is 0 Å². The van der Waals surface area contributed by atoms with Gasteiger partial charge in [0.2, 0.25) is 0 Å². The fourth-order valence-corrected chi connectivity index (χ4v) is 1.75. The molecule has 2 aromatic carbocycles. The highest BCUT2D eigenvalue weighted by Crippen LogP contribution is 2.21. The second-order valence-electron chi connectivity index (χ2n) is 4.69. The summed E-state index contributed by atoms with van der Waals surface area (Å²) in [6, 6.07) is 15.2. The number of ketones is 1. The van der Waals surface area contributed by atoms with Crippen LogP contribution >= 0.6 is 0 Å². The van der Waals surface area contributed by atoms with Crippen molar-refractivity contribution in [3.63, 3.8) is 0 Å². The van der Waals surface area contributed by atoms with Gasteiger partial charge in [-0.15, -0.1) is 0 Å². The molecule has 0 aromatic heterocycles. The Morgan fingerprint density at radius 1 is 1.04 bits per heavy atom. The van der Waals surface area contributed by atoms with E-state index < -0.39 is 17.7 Å². The molecule has 0 saturated heterocycles. The SMILES string of the molecule is O=C(C=C(O)c1ccc(OCc2ccccc2)cc1)C(F)(F)F. The largest absolute Gasteiger partial charge is 0.507 e. The third-order valence-corrected chi connectivity index (χ3v) is 2.95. The second kappa shape index (κ2) is 7.00. The Kier molecular flexibility index (Phi) is 5.05. The molecule has 2 aromatic rings. The summed E-state index contributed by atoms with van der Waals surface area (Å²) >= 11 is 0. The predicted octanol–water partition coefficient (Wildman–Crippen LogP) is 4.30. The molecule has 120 valence electrons. The van der Waals surface area contributed by atoms with Gasteiger partial charge in [-0.2, -0.15) is 13.2 Å². The van der Waals surface area contributed by atoms with Crippen molar-refractivity contribution in [2.45, 2.75) is 12.8 Å². The van der Waals surface area contributed by atoms with Crippen LogP contribution in [0.1, 0.15) is 11.1 Å². The molecule has 0 unspecified atom stereocenters. The normalized spacial score (nSPS) is 12.0. The van der Waals surface area contributed by atoms with E-state index in [0.29, 0.717) is 12.4 Å². The minimum atomic E-state index is -5.01. The molecule has 0 aliphatic rings. The van der Waals surface area contributed by atoms with Crippen molar-refractivity contribution in [2.75, 3.05) is 0 Å². The van der Waals surface area contributed by atoms with Crippen molar-refractivity contribution in [3.05, 3.63) is 71.8 Å². The number of rotatable bonds is 5. The van der Waals surface area contributed by atoms with Gasteiger partial charge in [0.15, 0.2) is 0 Å². The predicted molar refractivity (Wildman–Crippen MR) is 78.9 cm³/mol. The molecule has 3 nitrogen and oxygen atoms in total. The van der Waals surface area contributed by atoms with Crippen LogP contribution in [0.5, 0.6) is 5.75 Å². The summed E-state index contributed by atoms with van der Waals surface area (Å²) < 4.78 is 41.9. The minimum absolute atomic E-state index is 0.0923. The number of hydrogen-bond donors (Lipinski definition) is 1. The Morgan fingerprint density at radius 3 is 2.22 bits per heavy atom. The van der Waals surface area contributed by atoms with Crippen molar-refractivity contribution >= 4 is 11.5 Å². The topological polar surface area (TPSA) is 46.5 Å². The average molecular weight is 322 g/mol. The maximum absolute atomic E-state index is 12.1. The van der Waals surface area contributed by atoms with Crippen LogP contribution in [0.2, 0.25) is 0 Å². The maximum Gasteiger partial charge on any atom is 0.454 e. The zero-order valence-electron chi connectivity index (χ0n) is 11.9. The van der Waals surface area contributed by atoms with Gasteiger partial charge in [-0.1, -0.05) is 30.3 Å². The highest BCUT2D eigenvalue weighted by atomic mass is 19.4. The second-order valence-corrected chi connectivity index (χ2v) is 4.69. The van der Waals surface area contributed by atoms with Crippen molar-refractivity contribution < 1.29 is 27.8 Å². The summed E-state index contributed by atoms with van der Waals surface area (Å²) in [6.07, 6.45) is -4.85. The fraction of sp³-hybridized carbons (Fsp3) is 0.118. The van der Waals surface area contributed by atoms with Crippen molar-refractivity contribution in [1.82, 2.24) is 0 Å². The minimum Gasteiger partial charge on any atom is -0.507 e. The Labute approximate surface area is 130 Å². The quantitative estimate of drug-likeness (QED) is 0.659. The van der Waals surface area contributed by atoms with Crippen LogP contribution in [0.25, 0.3) is 5.76 Å². The van der Waals surface area contributed by atoms with Crippen LogP contribution in [0, 0.1) is 0 Å². The highest BCUT2D eigenvalue weighted by molar-refractivity contribution is 5.99. The number of carbonyl (C=O) groups excluding carboxylic acids is 1. The average Bonchev–Trinajstić information content (AvgIpc) is 2.53. The number of allylic oxidation sites excluding steroid dienone is 1. The lowest BCUT2D eigenvalue weighted by Gasteiger charge is -2.07. The monoisotopic (exact) mass is 322 g/mol. The molecule has 6 heteroatoms. The molecular weight excluding hydrogens is 309 g/mol. The van der Waals surface area contributed by atoms with E-state index in [-0.39, 0.29) is 11.6 Å². The van der Waals surface area contributed by atoms with E-state index in [2.05, 4.69) is 0 Å². The third kappa shape index (κ3) is 4.88. The lowest BCUT2D eigenvalue weighted by atomic mass is 10.1. The van der Waals surface area contributed by atoms with Crippen LogP contribution in [-0.4, -0.2) is 17.1 Å². The molecule has 0 heterocycles. The highest BCUT2D eigenvalue weighted by Gasteiger charge is 2.36. The first kappa shape index (κ1) is 16.6. The zero-order chi connectivity index (χ0) is 16.9. The summed E-state index contributed by atoms with van der Waals surface area (Å²) in [7, 11) is 0. The first-order valence-electron chi connectivity index (χ1n) is 6.65. The molecule has 2 rings (SSSR count). The van der Waals surface area contributed by atoms with Gasteiger partial charge < -0.3 is 9.84 Å². The fourth-order valence-electron chi connectivity index (χ4n) is 1.75. The van der Waals surface area contributed by atoms with Gasteiger partial charge in [-0.05, 0) is 29.8 Å². The van der Waals surface area contributed by atoms with Crippen LogP contribution in [-0.2, 0) is 11.4 Å². The molecular formula is C17H13F3O3. The third-order valence-electron chi connectivity index (χ3n) is 2.95. The van der Waals surface area contributed by atoms with Crippen LogP contribution in [0.3, 0.4) is 0 Å². The smallest absolute Gasteiger partial charge is 0.454 e.